The van der Waals surface area contributed by atoms with E-state index in [9.17, 15) is 8.42 Å². The Morgan fingerprint density at radius 3 is 2.59 bits per heavy atom. The van der Waals surface area contributed by atoms with Crippen LogP contribution in [0.25, 0.3) is 16.3 Å². The molecule has 1 aromatic carbocycles. The van der Waals surface area contributed by atoms with E-state index in [2.05, 4.69) is 53.3 Å². The zero-order valence-electron chi connectivity index (χ0n) is 22.7. The molecule has 10 heteroatoms. The Kier molecular flexibility index (Phi) is 6.81. The molecule has 2 aliphatic heterocycles. The molecule has 39 heavy (non-hydrogen) atoms. The summed E-state index contributed by atoms with van der Waals surface area (Å²) in [5.74, 6) is 2.39. The summed E-state index contributed by atoms with van der Waals surface area (Å²) in [7, 11) is -2.97. The number of benzene rings is 1. The van der Waals surface area contributed by atoms with Crippen LogP contribution in [0.15, 0.2) is 42.7 Å². The maximum atomic E-state index is 11.7. The van der Waals surface area contributed by atoms with Crippen molar-refractivity contribution < 1.29 is 17.9 Å². The summed E-state index contributed by atoms with van der Waals surface area (Å²) < 4.78 is 35.1. The maximum absolute atomic E-state index is 11.7. The molecule has 1 spiro atoms. The number of sulfone groups is 1. The smallest absolute Gasteiger partial charge is 0.172 e. The van der Waals surface area contributed by atoms with Crippen molar-refractivity contribution in [2.24, 2.45) is 5.92 Å². The van der Waals surface area contributed by atoms with Crippen LogP contribution in [-0.4, -0.2) is 67.5 Å². The lowest BCUT2D eigenvalue weighted by Crippen LogP contribution is -2.49. The quantitative estimate of drug-likeness (QED) is 0.449. The van der Waals surface area contributed by atoms with Gasteiger partial charge in [-0.25, -0.2) is 23.4 Å². The third-order valence-corrected chi connectivity index (χ3v) is 8.89. The molecule has 3 aromatic rings. The average molecular weight is 550 g/mol. The summed E-state index contributed by atoms with van der Waals surface area (Å²) in [5, 5.41) is 5.59. The minimum Gasteiger partial charge on any atom is -0.370 e. The lowest BCUT2D eigenvalue weighted by Gasteiger charge is -2.41. The zero-order chi connectivity index (χ0) is 27.2. The molecule has 0 bridgehead atoms. The third kappa shape index (κ3) is 5.50. The fourth-order valence-electron chi connectivity index (χ4n) is 5.88. The van der Waals surface area contributed by atoms with E-state index >= 15 is 0 Å². The van der Waals surface area contributed by atoms with E-state index in [0.29, 0.717) is 43.0 Å². The van der Waals surface area contributed by atoms with Crippen LogP contribution in [0.1, 0.15) is 50.4 Å². The Morgan fingerprint density at radius 2 is 1.90 bits per heavy atom. The highest BCUT2D eigenvalue weighted by Crippen LogP contribution is 2.39. The molecule has 2 fully saturated rings. The topological polar surface area (TPSA) is 107 Å². The van der Waals surface area contributed by atoms with Crippen molar-refractivity contribution in [3.05, 3.63) is 54.1 Å². The Morgan fingerprint density at radius 1 is 1.10 bits per heavy atom. The lowest BCUT2D eigenvalue weighted by molar-refractivity contribution is -0.159. The molecule has 1 N–H and O–H groups in total. The molecule has 0 amide bonds. The van der Waals surface area contributed by atoms with Crippen molar-refractivity contribution in [2.75, 3.05) is 48.5 Å². The lowest BCUT2D eigenvalue weighted by atomic mass is 9.93. The molecule has 0 saturated carbocycles. The fourth-order valence-corrected chi connectivity index (χ4v) is 6.95. The second kappa shape index (κ2) is 10.1. The molecule has 2 aromatic heterocycles. The number of rotatable bonds is 7. The largest absolute Gasteiger partial charge is 0.370 e. The number of ether oxygens (including phenoxy) is 2. The molecule has 0 radical (unpaired) electrons. The molecule has 206 valence electrons. The SMILES string of the molecule is CC(C)c1ccc(N2CC(CS(C)(=O)=O)C2)c2cnc(Nc3ccnc(C4=CCC5(CC4)OCCO5)n3)cc12. The van der Waals surface area contributed by atoms with E-state index < -0.39 is 15.6 Å². The van der Waals surface area contributed by atoms with Gasteiger partial charge in [-0.2, -0.15) is 0 Å². The van der Waals surface area contributed by atoms with Crippen LogP contribution in [0.2, 0.25) is 0 Å². The summed E-state index contributed by atoms with van der Waals surface area (Å²) in [5.41, 5.74) is 3.44. The third-order valence-electron chi connectivity index (χ3n) is 7.82. The second-order valence-electron chi connectivity index (χ2n) is 11.2. The highest BCUT2D eigenvalue weighted by Gasteiger charge is 2.38. The predicted molar refractivity (Wildman–Crippen MR) is 153 cm³/mol. The Balaban J connectivity index is 1.23. The number of fused-ring (bicyclic) bond motifs is 1. The Hall–Kier alpha value is -3.08. The number of nitrogens with zero attached hydrogens (tertiary/aromatic N) is 4. The number of aromatic nitrogens is 3. The van der Waals surface area contributed by atoms with E-state index in [-0.39, 0.29) is 11.7 Å². The van der Waals surface area contributed by atoms with E-state index in [1.54, 1.807) is 6.20 Å². The van der Waals surface area contributed by atoms with Gasteiger partial charge in [0.15, 0.2) is 11.6 Å². The van der Waals surface area contributed by atoms with Gasteiger partial charge in [-0.1, -0.05) is 26.0 Å². The minimum absolute atomic E-state index is 0.170. The van der Waals surface area contributed by atoms with Crippen molar-refractivity contribution in [3.8, 4) is 0 Å². The van der Waals surface area contributed by atoms with Crippen molar-refractivity contribution in [2.45, 2.75) is 44.8 Å². The van der Waals surface area contributed by atoms with E-state index in [1.807, 2.05) is 12.3 Å². The summed E-state index contributed by atoms with van der Waals surface area (Å²) >= 11 is 0. The highest BCUT2D eigenvalue weighted by molar-refractivity contribution is 7.90. The van der Waals surface area contributed by atoms with Crippen LogP contribution in [0.4, 0.5) is 17.3 Å². The summed E-state index contributed by atoms with van der Waals surface area (Å²) in [4.78, 5) is 16.3. The van der Waals surface area contributed by atoms with E-state index in [4.69, 9.17) is 19.4 Å². The number of anilines is 3. The molecule has 3 aliphatic rings. The summed E-state index contributed by atoms with van der Waals surface area (Å²) in [6.07, 6.45) is 9.45. The molecule has 1 aliphatic carbocycles. The summed E-state index contributed by atoms with van der Waals surface area (Å²) in [6.45, 7) is 7.16. The van der Waals surface area contributed by atoms with Gasteiger partial charge >= 0.3 is 0 Å². The first-order valence-corrected chi connectivity index (χ1v) is 15.7. The summed E-state index contributed by atoms with van der Waals surface area (Å²) in [6, 6.07) is 8.26. The first-order chi connectivity index (χ1) is 18.7. The number of nitrogens with one attached hydrogen (secondary N) is 1. The van der Waals surface area contributed by atoms with Gasteiger partial charge in [0, 0.05) is 61.6 Å². The van der Waals surface area contributed by atoms with Crippen LogP contribution in [-0.2, 0) is 19.3 Å². The van der Waals surface area contributed by atoms with Crippen LogP contribution in [0.5, 0.6) is 0 Å². The van der Waals surface area contributed by atoms with Gasteiger partial charge in [-0.3, -0.25) is 0 Å². The van der Waals surface area contributed by atoms with Gasteiger partial charge in [-0.15, -0.1) is 0 Å². The average Bonchev–Trinajstić information content (AvgIpc) is 3.33. The van der Waals surface area contributed by atoms with Crippen LogP contribution < -0.4 is 10.2 Å². The second-order valence-corrected chi connectivity index (χ2v) is 13.4. The first kappa shape index (κ1) is 26.2. The van der Waals surface area contributed by atoms with Crippen molar-refractivity contribution in [1.29, 1.82) is 0 Å². The van der Waals surface area contributed by atoms with Gasteiger partial charge in [0.25, 0.3) is 0 Å². The first-order valence-electron chi connectivity index (χ1n) is 13.6. The Labute approximate surface area is 229 Å². The van der Waals surface area contributed by atoms with Crippen molar-refractivity contribution in [3.63, 3.8) is 0 Å². The van der Waals surface area contributed by atoms with Crippen LogP contribution in [0, 0.1) is 5.92 Å². The van der Waals surface area contributed by atoms with Crippen molar-refractivity contribution in [1.82, 2.24) is 15.0 Å². The molecule has 4 heterocycles. The van der Waals surface area contributed by atoms with E-state index in [1.165, 1.54) is 11.8 Å². The maximum Gasteiger partial charge on any atom is 0.172 e. The predicted octanol–water partition coefficient (Wildman–Crippen LogP) is 4.68. The zero-order valence-corrected chi connectivity index (χ0v) is 23.5. The molecule has 2 saturated heterocycles. The number of pyridine rings is 1. The minimum atomic E-state index is -2.97. The molecular weight excluding hydrogens is 514 g/mol. The van der Waals surface area contributed by atoms with Gasteiger partial charge in [-0.05, 0) is 47.1 Å². The monoisotopic (exact) mass is 549 g/mol. The van der Waals surface area contributed by atoms with E-state index in [0.717, 1.165) is 48.0 Å². The fraction of sp³-hybridized carbons (Fsp3) is 0.483. The standard InChI is InChI=1S/C29H35N5O4S/c1-19(2)22-4-5-25(34-16-20(17-34)18-39(3,35)36)24-15-31-27(14-23(22)24)32-26-8-11-30-28(33-26)21-6-9-29(10-7-21)37-12-13-38-29/h4-6,8,11,14-15,19-20H,7,9-10,12-13,16-18H2,1-3H3,(H,30,31,32,33). The molecule has 0 unspecified atom stereocenters. The van der Waals surface area contributed by atoms with Gasteiger partial charge in [0.1, 0.15) is 21.5 Å². The Bertz CT molecular complexity index is 1530. The van der Waals surface area contributed by atoms with Gasteiger partial charge in [0.2, 0.25) is 0 Å². The van der Waals surface area contributed by atoms with Crippen LogP contribution >= 0.6 is 0 Å². The molecule has 0 atom stereocenters. The molecule has 9 nitrogen and oxygen atoms in total. The highest BCUT2D eigenvalue weighted by atomic mass is 32.2. The number of hydrogen-bond donors (Lipinski definition) is 1. The van der Waals surface area contributed by atoms with Gasteiger partial charge in [0.05, 0.1) is 19.0 Å². The van der Waals surface area contributed by atoms with Crippen molar-refractivity contribution >= 4 is 43.5 Å². The number of hydrogen-bond acceptors (Lipinski definition) is 9. The van der Waals surface area contributed by atoms with Gasteiger partial charge < -0.3 is 19.7 Å². The normalized spacial score (nSPS) is 19.5. The molecular formula is C29H35N5O4S. The van der Waals surface area contributed by atoms with Crippen LogP contribution in [0.3, 0.4) is 0 Å². The number of allylic oxidation sites excluding steroid dienone is 1. The molecule has 6 rings (SSSR count).